The van der Waals surface area contributed by atoms with Crippen LogP contribution < -0.4 is 5.32 Å². The van der Waals surface area contributed by atoms with Crippen molar-refractivity contribution in [3.05, 3.63) is 34.9 Å². The van der Waals surface area contributed by atoms with Crippen molar-refractivity contribution in [2.24, 2.45) is 0 Å². The van der Waals surface area contributed by atoms with E-state index in [0.717, 1.165) is 38.0 Å². The summed E-state index contributed by atoms with van der Waals surface area (Å²) in [7, 11) is 0. The van der Waals surface area contributed by atoms with Crippen LogP contribution in [0.25, 0.3) is 0 Å². The summed E-state index contributed by atoms with van der Waals surface area (Å²) in [6.07, 6.45) is 2.68. The smallest absolute Gasteiger partial charge is 0.255 e. The minimum absolute atomic E-state index is 0.0961. The number of hydrogen-bond donors (Lipinski definition) is 1. The van der Waals surface area contributed by atoms with Crippen molar-refractivity contribution in [1.82, 2.24) is 15.1 Å². The van der Waals surface area contributed by atoms with Crippen LogP contribution in [0.15, 0.2) is 18.2 Å². The lowest BCUT2D eigenvalue weighted by atomic mass is 9.99. The summed E-state index contributed by atoms with van der Waals surface area (Å²) in [5.74, 6) is -0.708. The lowest BCUT2D eigenvalue weighted by Crippen LogP contribution is -2.52. The number of carbonyl (C=O) groups is 3. The number of piperidine rings is 1. The van der Waals surface area contributed by atoms with Gasteiger partial charge in [0.2, 0.25) is 11.8 Å². The molecule has 1 aromatic carbocycles. The molecule has 4 rings (SSSR count). The summed E-state index contributed by atoms with van der Waals surface area (Å²) < 4.78 is 0. The number of rotatable bonds is 5. The molecule has 1 atom stereocenters. The van der Waals surface area contributed by atoms with Gasteiger partial charge in [-0.1, -0.05) is 28.1 Å². The van der Waals surface area contributed by atoms with Crippen LogP contribution in [0.1, 0.15) is 40.7 Å². The first-order valence-electron chi connectivity index (χ1n) is 9.15. The van der Waals surface area contributed by atoms with Crippen molar-refractivity contribution in [3.8, 4) is 0 Å². The molecule has 3 aliphatic rings. The molecule has 3 heterocycles. The van der Waals surface area contributed by atoms with Crippen molar-refractivity contribution < 1.29 is 14.4 Å². The topological polar surface area (TPSA) is 69.7 Å². The zero-order valence-electron chi connectivity index (χ0n) is 14.5. The molecule has 1 aromatic rings. The lowest BCUT2D eigenvalue weighted by molar-refractivity contribution is -0.136. The highest BCUT2D eigenvalue weighted by Gasteiger charge is 2.39. The van der Waals surface area contributed by atoms with Crippen LogP contribution in [0, 0.1) is 0 Å². The first-order chi connectivity index (χ1) is 12.5. The maximum absolute atomic E-state index is 12.8. The molecule has 1 N–H and O–H groups in total. The zero-order chi connectivity index (χ0) is 18.3. The van der Waals surface area contributed by atoms with Gasteiger partial charge in [-0.3, -0.25) is 19.7 Å². The molecule has 6 nitrogen and oxygen atoms in total. The number of halogens is 1. The number of aryl methyl sites for hydroxylation is 1. The SMILES string of the molecule is O=C1CCC(N2Cc3c(CCCN4CC(Br)C4)cccc3C2=O)C(=O)N1. The third kappa shape index (κ3) is 3.30. The average molecular weight is 420 g/mol. The molecule has 2 saturated heterocycles. The number of fused-ring (bicyclic) bond motifs is 1. The fraction of sp³-hybridized carbons (Fsp3) is 0.526. The van der Waals surface area contributed by atoms with E-state index >= 15 is 0 Å². The second-order valence-electron chi connectivity index (χ2n) is 7.30. The van der Waals surface area contributed by atoms with Gasteiger partial charge in [0.25, 0.3) is 5.91 Å². The van der Waals surface area contributed by atoms with Gasteiger partial charge in [0.05, 0.1) is 0 Å². The number of amides is 3. The van der Waals surface area contributed by atoms with E-state index in [2.05, 4.69) is 32.2 Å². The molecule has 0 aliphatic carbocycles. The molecule has 0 radical (unpaired) electrons. The number of carbonyl (C=O) groups excluding carboxylic acids is 3. The van der Waals surface area contributed by atoms with E-state index in [1.165, 1.54) is 5.56 Å². The Morgan fingerprint density at radius 2 is 2.00 bits per heavy atom. The number of alkyl halides is 1. The van der Waals surface area contributed by atoms with Gasteiger partial charge < -0.3 is 9.80 Å². The predicted molar refractivity (Wildman–Crippen MR) is 100.0 cm³/mol. The third-order valence-corrected chi connectivity index (χ3v) is 6.09. The first-order valence-corrected chi connectivity index (χ1v) is 10.1. The second-order valence-corrected chi connectivity index (χ2v) is 8.60. The maximum atomic E-state index is 12.8. The normalized spacial score (nSPS) is 23.8. The second kappa shape index (κ2) is 7.12. The van der Waals surface area contributed by atoms with Crippen LogP contribution in [0.4, 0.5) is 0 Å². The zero-order valence-corrected chi connectivity index (χ0v) is 16.1. The standard InChI is InChI=1S/C19H22BrN3O3/c20-13-9-22(10-13)8-2-4-12-3-1-5-14-15(12)11-23(19(14)26)16-6-7-17(24)21-18(16)25/h1,3,5,13,16H,2,4,6-11H2,(H,21,24,25). The molecule has 0 aromatic heterocycles. The minimum Gasteiger partial charge on any atom is -0.322 e. The molecule has 0 saturated carbocycles. The molecule has 1 unspecified atom stereocenters. The van der Waals surface area contributed by atoms with Crippen LogP contribution >= 0.6 is 15.9 Å². The summed E-state index contributed by atoms with van der Waals surface area (Å²) in [5, 5.41) is 2.35. The number of nitrogens with zero attached hydrogens (tertiary/aromatic N) is 2. The number of imide groups is 1. The van der Waals surface area contributed by atoms with Gasteiger partial charge >= 0.3 is 0 Å². The van der Waals surface area contributed by atoms with Crippen molar-refractivity contribution >= 4 is 33.7 Å². The molecule has 2 fully saturated rings. The van der Waals surface area contributed by atoms with Gasteiger partial charge in [0.1, 0.15) is 6.04 Å². The molecule has 138 valence electrons. The highest BCUT2D eigenvalue weighted by Crippen LogP contribution is 2.30. The van der Waals surface area contributed by atoms with Crippen molar-refractivity contribution in [2.75, 3.05) is 19.6 Å². The Bertz CT molecular complexity index is 760. The summed E-state index contributed by atoms with van der Waals surface area (Å²) in [4.78, 5) is 41.0. The predicted octanol–water partition coefficient (Wildman–Crippen LogP) is 1.46. The van der Waals surface area contributed by atoms with Crippen LogP contribution in [-0.2, 0) is 22.6 Å². The van der Waals surface area contributed by atoms with E-state index in [1.807, 2.05) is 12.1 Å². The van der Waals surface area contributed by atoms with Crippen molar-refractivity contribution in [2.45, 2.75) is 43.1 Å². The Morgan fingerprint density at radius 1 is 1.19 bits per heavy atom. The molecular formula is C19H22BrN3O3. The average Bonchev–Trinajstić information content (AvgIpc) is 2.91. The van der Waals surface area contributed by atoms with E-state index < -0.39 is 6.04 Å². The number of likely N-dealkylation sites (tertiary alicyclic amines) is 1. The molecule has 3 amide bonds. The lowest BCUT2D eigenvalue weighted by Gasteiger charge is -2.35. The maximum Gasteiger partial charge on any atom is 0.255 e. The minimum atomic E-state index is -0.544. The van der Waals surface area contributed by atoms with Crippen LogP contribution in [-0.4, -0.2) is 58.0 Å². The molecule has 0 bridgehead atoms. The van der Waals surface area contributed by atoms with Crippen LogP contribution in [0.3, 0.4) is 0 Å². The van der Waals surface area contributed by atoms with Gasteiger partial charge in [0.15, 0.2) is 0 Å². The van der Waals surface area contributed by atoms with Crippen LogP contribution in [0.5, 0.6) is 0 Å². The Hall–Kier alpha value is -1.73. The summed E-state index contributed by atoms with van der Waals surface area (Å²) in [6, 6.07) is 5.32. The Morgan fingerprint density at radius 3 is 2.73 bits per heavy atom. The van der Waals surface area contributed by atoms with Gasteiger partial charge in [-0.25, -0.2) is 0 Å². The highest BCUT2D eigenvalue weighted by molar-refractivity contribution is 9.09. The number of benzene rings is 1. The van der Waals surface area contributed by atoms with Gasteiger partial charge in [0, 0.05) is 36.4 Å². The third-order valence-electron chi connectivity index (χ3n) is 5.51. The van der Waals surface area contributed by atoms with Crippen molar-refractivity contribution in [1.29, 1.82) is 0 Å². The first kappa shape index (κ1) is 17.7. The van der Waals surface area contributed by atoms with E-state index in [0.29, 0.717) is 23.4 Å². The van der Waals surface area contributed by atoms with Crippen LogP contribution in [0.2, 0.25) is 0 Å². The molecule has 3 aliphatic heterocycles. The van der Waals surface area contributed by atoms with E-state index in [1.54, 1.807) is 4.90 Å². The van der Waals surface area contributed by atoms with E-state index in [9.17, 15) is 14.4 Å². The molecule has 7 heteroatoms. The highest BCUT2D eigenvalue weighted by atomic mass is 79.9. The fourth-order valence-corrected chi connectivity index (χ4v) is 4.89. The van der Waals surface area contributed by atoms with Gasteiger partial charge in [-0.15, -0.1) is 0 Å². The Balaban J connectivity index is 1.44. The number of hydrogen-bond acceptors (Lipinski definition) is 4. The quantitative estimate of drug-likeness (QED) is 0.579. The summed E-state index contributed by atoms with van der Waals surface area (Å²) >= 11 is 3.60. The summed E-state index contributed by atoms with van der Waals surface area (Å²) in [5.41, 5.74) is 2.95. The molecule has 0 spiro atoms. The van der Waals surface area contributed by atoms with Crippen molar-refractivity contribution in [3.63, 3.8) is 0 Å². The van der Waals surface area contributed by atoms with Gasteiger partial charge in [-0.2, -0.15) is 0 Å². The Kier molecular flexibility index (Phi) is 4.84. The summed E-state index contributed by atoms with van der Waals surface area (Å²) in [6.45, 7) is 3.74. The molecular weight excluding hydrogens is 398 g/mol. The largest absolute Gasteiger partial charge is 0.322 e. The molecule has 26 heavy (non-hydrogen) atoms. The number of nitrogens with one attached hydrogen (secondary N) is 1. The van der Waals surface area contributed by atoms with E-state index in [-0.39, 0.29) is 24.1 Å². The monoisotopic (exact) mass is 419 g/mol. The Labute approximate surface area is 161 Å². The fourth-order valence-electron chi connectivity index (χ4n) is 4.07. The van der Waals surface area contributed by atoms with Gasteiger partial charge in [-0.05, 0) is 43.0 Å². The van der Waals surface area contributed by atoms with E-state index in [4.69, 9.17) is 0 Å².